The Kier molecular flexibility index (Phi) is 8.43. The van der Waals surface area contributed by atoms with Gasteiger partial charge in [0, 0.05) is 18.7 Å². The predicted octanol–water partition coefficient (Wildman–Crippen LogP) is 4.06. The second kappa shape index (κ2) is 11.3. The Morgan fingerprint density at radius 3 is 2.35 bits per heavy atom. The fraction of sp³-hybridized carbons (Fsp3) is 0.520. The summed E-state index contributed by atoms with van der Waals surface area (Å²) in [6.07, 6.45) is 0.905. The maximum absolute atomic E-state index is 6.03. The van der Waals surface area contributed by atoms with Crippen molar-refractivity contribution in [2.45, 2.75) is 33.2 Å². The zero-order chi connectivity index (χ0) is 22.2. The smallest absolute Gasteiger partial charge is 0.164 e. The van der Waals surface area contributed by atoms with Gasteiger partial charge in [0.15, 0.2) is 23.0 Å². The van der Waals surface area contributed by atoms with Crippen LogP contribution in [0.5, 0.6) is 23.0 Å². The van der Waals surface area contributed by atoms with Gasteiger partial charge < -0.3 is 29.2 Å². The summed E-state index contributed by atoms with van der Waals surface area (Å²) in [6.45, 7) is 11.4. The molecule has 2 aromatic rings. The number of benzene rings is 2. The molecule has 0 saturated carbocycles. The molecule has 0 radical (unpaired) electrons. The number of nitrogens with one attached hydrogen (secondary N) is 1. The van der Waals surface area contributed by atoms with Crippen LogP contribution < -0.4 is 24.3 Å². The van der Waals surface area contributed by atoms with Gasteiger partial charge in [0.05, 0.1) is 26.9 Å². The minimum absolute atomic E-state index is 0.0625. The van der Waals surface area contributed by atoms with Gasteiger partial charge in [0.1, 0.15) is 6.61 Å². The van der Waals surface area contributed by atoms with Gasteiger partial charge in [0.2, 0.25) is 0 Å². The molecule has 1 unspecified atom stereocenters. The van der Waals surface area contributed by atoms with Crippen LogP contribution in [0.15, 0.2) is 30.3 Å². The van der Waals surface area contributed by atoms with Crippen LogP contribution in [0.2, 0.25) is 0 Å². The van der Waals surface area contributed by atoms with Crippen LogP contribution in [-0.4, -0.2) is 58.5 Å². The first kappa shape index (κ1) is 23.2. The van der Waals surface area contributed by atoms with Crippen LogP contribution in [0.1, 0.15) is 43.5 Å². The number of hydrogen-bond acceptors (Lipinski definition) is 6. The highest BCUT2D eigenvalue weighted by Crippen LogP contribution is 2.41. The molecule has 0 spiro atoms. The predicted molar refractivity (Wildman–Crippen MR) is 124 cm³/mol. The summed E-state index contributed by atoms with van der Waals surface area (Å²) in [6, 6.07) is 10.4. The number of fused-ring (bicyclic) bond motifs is 1. The van der Waals surface area contributed by atoms with Crippen molar-refractivity contribution in [3.63, 3.8) is 0 Å². The molecule has 0 fully saturated rings. The fourth-order valence-electron chi connectivity index (χ4n) is 4.17. The van der Waals surface area contributed by atoms with Gasteiger partial charge in [-0.2, -0.15) is 0 Å². The molecule has 3 rings (SSSR count). The number of methoxy groups -OCH3 is 2. The highest BCUT2D eigenvalue weighted by Gasteiger charge is 2.26. The minimum atomic E-state index is 0.0625. The number of likely N-dealkylation sites (N-methyl/N-ethyl adjacent to an activating group) is 1. The molecule has 2 aromatic carbocycles. The number of rotatable bonds is 11. The first-order chi connectivity index (χ1) is 15.2. The summed E-state index contributed by atoms with van der Waals surface area (Å²) in [5.74, 6) is 3.18. The van der Waals surface area contributed by atoms with E-state index in [0.29, 0.717) is 13.2 Å². The maximum atomic E-state index is 6.03. The Balaban J connectivity index is 1.85. The van der Waals surface area contributed by atoms with E-state index in [2.05, 4.69) is 42.3 Å². The van der Waals surface area contributed by atoms with E-state index >= 15 is 0 Å². The van der Waals surface area contributed by atoms with Gasteiger partial charge in [-0.05, 0) is 55.8 Å². The van der Waals surface area contributed by atoms with Crippen LogP contribution in [0.25, 0.3) is 0 Å². The first-order valence-corrected chi connectivity index (χ1v) is 11.3. The summed E-state index contributed by atoms with van der Waals surface area (Å²) in [5.41, 5.74) is 3.57. The highest BCUT2D eigenvalue weighted by molar-refractivity contribution is 5.55. The van der Waals surface area contributed by atoms with E-state index in [4.69, 9.17) is 18.9 Å². The Hall–Kier alpha value is -2.44. The monoisotopic (exact) mass is 428 g/mol. The van der Waals surface area contributed by atoms with Crippen LogP contribution in [0.4, 0.5) is 0 Å². The molecule has 0 saturated heterocycles. The topological polar surface area (TPSA) is 52.2 Å². The molecule has 1 N–H and O–H groups in total. The van der Waals surface area contributed by atoms with E-state index in [1.54, 1.807) is 14.2 Å². The molecule has 1 atom stereocenters. The minimum Gasteiger partial charge on any atom is -0.493 e. The second-order valence-electron chi connectivity index (χ2n) is 7.52. The average molecular weight is 429 g/mol. The molecule has 1 aliphatic heterocycles. The fourth-order valence-corrected chi connectivity index (χ4v) is 4.17. The molecule has 6 nitrogen and oxygen atoms in total. The SMILES string of the molecule is CCOc1c(OC)ccc2c1CCNC2c1ccc(OCCN(CC)CC)c(OC)c1. The van der Waals surface area contributed by atoms with Gasteiger partial charge >= 0.3 is 0 Å². The molecule has 1 heterocycles. The average Bonchev–Trinajstić information content (AvgIpc) is 2.82. The van der Waals surface area contributed by atoms with Crippen LogP contribution >= 0.6 is 0 Å². The molecule has 0 aromatic heterocycles. The molecule has 0 bridgehead atoms. The molecule has 0 aliphatic carbocycles. The molecule has 31 heavy (non-hydrogen) atoms. The Bertz CT molecular complexity index is 852. The first-order valence-electron chi connectivity index (χ1n) is 11.3. The van der Waals surface area contributed by atoms with Crippen molar-refractivity contribution in [3.05, 3.63) is 47.0 Å². The van der Waals surface area contributed by atoms with E-state index in [-0.39, 0.29) is 6.04 Å². The second-order valence-corrected chi connectivity index (χ2v) is 7.52. The number of ether oxygens (including phenoxy) is 4. The largest absolute Gasteiger partial charge is 0.493 e. The van der Waals surface area contributed by atoms with Crippen molar-refractivity contribution in [2.75, 3.05) is 53.6 Å². The molecule has 1 aliphatic rings. The maximum Gasteiger partial charge on any atom is 0.164 e. The molecule has 0 amide bonds. The summed E-state index contributed by atoms with van der Waals surface area (Å²) >= 11 is 0. The lowest BCUT2D eigenvalue weighted by molar-refractivity contribution is 0.217. The highest BCUT2D eigenvalue weighted by atomic mass is 16.5. The van der Waals surface area contributed by atoms with Crippen molar-refractivity contribution in [2.24, 2.45) is 0 Å². The van der Waals surface area contributed by atoms with Crippen LogP contribution in [0, 0.1) is 0 Å². The van der Waals surface area contributed by atoms with Gasteiger partial charge in [0.25, 0.3) is 0 Å². The molecule has 170 valence electrons. The van der Waals surface area contributed by atoms with Crippen molar-refractivity contribution in [1.82, 2.24) is 10.2 Å². The summed E-state index contributed by atoms with van der Waals surface area (Å²) < 4.78 is 23.2. The Labute approximate surface area is 186 Å². The lowest BCUT2D eigenvalue weighted by Gasteiger charge is -2.30. The van der Waals surface area contributed by atoms with E-state index in [0.717, 1.165) is 61.2 Å². The Morgan fingerprint density at radius 1 is 0.935 bits per heavy atom. The van der Waals surface area contributed by atoms with Crippen LogP contribution in [-0.2, 0) is 6.42 Å². The normalized spacial score (nSPS) is 15.5. The zero-order valence-electron chi connectivity index (χ0n) is 19.5. The van der Waals surface area contributed by atoms with Gasteiger partial charge in [-0.3, -0.25) is 0 Å². The third kappa shape index (κ3) is 5.25. The summed E-state index contributed by atoms with van der Waals surface area (Å²) in [4.78, 5) is 2.34. The van der Waals surface area contributed by atoms with E-state index in [1.807, 2.05) is 19.1 Å². The van der Waals surface area contributed by atoms with Crippen LogP contribution in [0.3, 0.4) is 0 Å². The molecular formula is C25H36N2O4. The number of hydrogen-bond donors (Lipinski definition) is 1. The van der Waals surface area contributed by atoms with Gasteiger partial charge in [-0.1, -0.05) is 26.0 Å². The number of nitrogens with zero attached hydrogens (tertiary/aromatic N) is 1. The van der Waals surface area contributed by atoms with Crippen molar-refractivity contribution in [3.8, 4) is 23.0 Å². The van der Waals surface area contributed by atoms with Gasteiger partial charge in [-0.15, -0.1) is 0 Å². The zero-order valence-corrected chi connectivity index (χ0v) is 19.5. The van der Waals surface area contributed by atoms with E-state index in [9.17, 15) is 0 Å². The van der Waals surface area contributed by atoms with Crippen molar-refractivity contribution >= 4 is 0 Å². The van der Waals surface area contributed by atoms with E-state index in [1.165, 1.54) is 11.1 Å². The van der Waals surface area contributed by atoms with E-state index < -0.39 is 0 Å². The van der Waals surface area contributed by atoms with Crippen molar-refractivity contribution in [1.29, 1.82) is 0 Å². The summed E-state index contributed by atoms with van der Waals surface area (Å²) in [5, 5.41) is 3.64. The van der Waals surface area contributed by atoms with Gasteiger partial charge in [-0.25, -0.2) is 0 Å². The third-order valence-corrected chi connectivity index (χ3v) is 5.88. The lowest BCUT2D eigenvalue weighted by atomic mass is 9.89. The summed E-state index contributed by atoms with van der Waals surface area (Å²) in [7, 11) is 3.38. The van der Waals surface area contributed by atoms with Crippen molar-refractivity contribution < 1.29 is 18.9 Å². The third-order valence-electron chi connectivity index (χ3n) is 5.88. The quantitative estimate of drug-likeness (QED) is 0.583. The molecule has 6 heteroatoms. The lowest BCUT2D eigenvalue weighted by Crippen LogP contribution is -2.31. The molecular weight excluding hydrogens is 392 g/mol. The Morgan fingerprint density at radius 2 is 1.68 bits per heavy atom. The standard InChI is InChI=1S/C25H36N2O4/c1-6-27(7-2)15-16-31-21-11-9-18(17-23(21)29-5)24-19-10-12-22(28-4)25(30-8-3)20(19)13-14-26-24/h9-12,17,24,26H,6-8,13-16H2,1-5H3.